The molecule has 2 N–H and O–H groups in total. The van der Waals surface area contributed by atoms with Crippen molar-refractivity contribution >= 4 is 11.4 Å². The average Bonchev–Trinajstić information content (AvgIpc) is 2.14. The van der Waals surface area contributed by atoms with Gasteiger partial charge in [0.1, 0.15) is 0 Å². The van der Waals surface area contributed by atoms with Crippen LogP contribution in [0.1, 0.15) is 5.56 Å². The number of nitrogen functional groups attached to an aromatic ring is 1. The molecule has 0 heterocycles. The Balaban J connectivity index is 2.69. The summed E-state index contributed by atoms with van der Waals surface area (Å²) in [5.41, 5.74) is 9.15. The molecule has 0 aliphatic carbocycles. The molecule has 1 aromatic rings. The molecule has 0 bridgehead atoms. The van der Waals surface area contributed by atoms with Crippen LogP contribution in [0.5, 0.6) is 0 Å². The fraction of sp³-hybridized carbons (Fsp3) is 0.500. The summed E-state index contributed by atoms with van der Waals surface area (Å²) in [6, 6.07) is 6.19. The summed E-state index contributed by atoms with van der Waals surface area (Å²) < 4.78 is 0. The Hall–Kier alpha value is -1.22. The van der Waals surface area contributed by atoms with Crippen molar-refractivity contribution < 1.29 is 0 Å². The molecule has 0 saturated heterocycles. The van der Waals surface area contributed by atoms with E-state index in [9.17, 15) is 0 Å². The summed E-state index contributed by atoms with van der Waals surface area (Å²) in [6.45, 7) is 4.07. The highest BCUT2D eigenvalue weighted by atomic mass is 15.2. The van der Waals surface area contributed by atoms with Gasteiger partial charge in [0.25, 0.3) is 0 Å². The highest BCUT2D eigenvalue weighted by Crippen LogP contribution is 2.22. The van der Waals surface area contributed by atoms with E-state index < -0.39 is 0 Å². The molecule has 0 spiro atoms. The quantitative estimate of drug-likeness (QED) is 0.761. The number of benzene rings is 1. The number of anilines is 2. The summed E-state index contributed by atoms with van der Waals surface area (Å²) in [6.07, 6.45) is 0. The van der Waals surface area contributed by atoms with Gasteiger partial charge in [0.2, 0.25) is 0 Å². The van der Waals surface area contributed by atoms with Crippen molar-refractivity contribution in [3.63, 3.8) is 0 Å². The second-order valence-electron chi connectivity index (χ2n) is 4.29. The maximum Gasteiger partial charge on any atom is 0.0597 e. The molecular weight excluding hydrogens is 186 g/mol. The first-order valence-electron chi connectivity index (χ1n) is 5.22. The molecule has 15 heavy (non-hydrogen) atoms. The maximum absolute atomic E-state index is 5.97. The van der Waals surface area contributed by atoms with Crippen LogP contribution in [0.25, 0.3) is 0 Å². The minimum absolute atomic E-state index is 0.858. The molecule has 3 heteroatoms. The van der Waals surface area contributed by atoms with E-state index in [1.807, 2.05) is 6.07 Å². The van der Waals surface area contributed by atoms with E-state index in [-0.39, 0.29) is 0 Å². The minimum Gasteiger partial charge on any atom is -0.397 e. The van der Waals surface area contributed by atoms with Crippen LogP contribution >= 0.6 is 0 Å². The molecule has 0 unspecified atom stereocenters. The van der Waals surface area contributed by atoms with Gasteiger partial charge in [-0.05, 0) is 38.7 Å². The van der Waals surface area contributed by atoms with Gasteiger partial charge >= 0.3 is 0 Å². The Labute approximate surface area is 92.5 Å². The van der Waals surface area contributed by atoms with Crippen molar-refractivity contribution in [2.45, 2.75) is 6.92 Å². The largest absolute Gasteiger partial charge is 0.397 e. The molecular formula is C12H21N3. The third-order valence-electron chi connectivity index (χ3n) is 2.48. The highest BCUT2D eigenvalue weighted by Gasteiger charge is 2.05. The van der Waals surface area contributed by atoms with Crippen molar-refractivity contribution in [1.29, 1.82) is 0 Å². The van der Waals surface area contributed by atoms with Gasteiger partial charge in [0.15, 0.2) is 0 Å². The number of hydrogen-bond donors (Lipinski definition) is 1. The number of nitrogens with zero attached hydrogens (tertiary/aromatic N) is 2. The van der Waals surface area contributed by atoms with Gasteiger partial charge in [-0.2, -0.15) is 0 Å². The second kappa shape index (κ2) is 5.03. The first kappa shape index (κ1) is 11.9. The van der Waals surface area contributed by atoms with E-state index >= 15 is 0 Å². The predicted octanol–water partition coefficient (Wildman–Crippen LogP) is 1.58. The van der Waals surface area contributed by atoms with Crippen LogP contribution in [0.15, 0.2) is 18.2 Å². The zero-order chi connectivity index (χ0) is 11.4. The van der Waals surface area contributed by atoms with Gasteiger partial charge < -0.3 is 15.5 Å². The fourth-order valence-corrected chi connectivity index (χ4v) is 1.49. The lowest BCUT2D eigenvalue weighted by Crippen LogP contribution is -2.28. The molecule has 1 rings (SSSR count). The summed E-state index contributed by atoms with van der Waals surface area (Å²) in [7, 11) is 6.23. The number of aryl methyl sites for hydroxylation is 1. The molecule has 0 saturated carbocycles. The molecule has 0 aliphatic rings. The minimum atomic E-state index is 0.858. The van der Waals surface area contributed by atoms with E-state index in [2.05, 4.69) is 50.0 Å². The molecule has 3 nitrogen and oxygen atoms in total. The monoisotopic (exact) mass is 207 g/mol. The lowest BCUT2D eigenvalue weighted by Gasteiger charge is -2.23. The van der Waals surface area contributed by atoms with Gasteiger partial charge in [-0.1, -0.05) is 6.07 Å². The Bertz CT molecular complexity index is 321. The summed E-state index contributed by atoms with van der Waals surface area (Å²) in [5.74, 6) is 0. The second-order valence-corrected chi connectivity index (χ2v) is 4.29. The number of hydrogen-bond acceptors (Lipinski definition) is 3. The van der Waals surface area contributed by atoms with Crippen molar-refractivity contribution in [3.8, 4) is 0 Å². The topological polar surface area (TPSA) is 32.5 Å². The van der Waals surface area contributed by atoms with Crippen molar-refractivity contribution in [3.05, 3.63) is 23.8 Å². The number of nitrogens with two attached hydrogens (primary N) is 1. The fourth-order valence-electron chi connectivity index (χ4n) is 1.49. The molecule has 0 atom stereocenters. The Morgan fingerprint density at radius 3 is 2.33 bits per heavy atom. The molecule has 0 amide bonds. The standard InChI is InChI=1S/C12H21N3/c1-10-5-6-12(11(13)9-10)15(4)8-7-14(2)3/h5-6,9H,7-8,13H2,1-4H3. The van der Waals surface area contributed by atoms with Crippen LogP contribution < -0.4 is 10.6 Å². The van der Waals surface area contributed by atoms with Gasteiger partial charge in [-0.15, -0.1) is 0 Å². The normalized spacial score (nSPS) is 10.7. The van der Waals surface area contributed by atoms with Gasteiger partial charge in [-0.25, -0.2) is 0 Å². The SMILES string of the molecule is Cc1ccc(N(C)CCN(C)C)c(N)c1. The Morgan fingerprint density at radius 1 is 1.13 bits per heavy atom. The van der Waals surface area contributed by atoms with Crippen LogP contribution in [0, 0.1) is 6.92 Å². The van der Waals surface area contributed by atoms with Crippen LogP contribution in [-0.4, -0.2) is 39.1 Å². The van der Waals surface area contributed by atoms with Crippen molar-refractivity contribution in [1.82, 2.24) is 4.90 Å². The average molecular weight is 207 g/mol. The number of likely N-dealkylation sites (N-methyl/N-ethyl adjacent to an activating group) is 2. The van der Waals surface area contributed by atoms with Crippen LogP contribution in [0.2, 0.25) is 0 Å². The van der Waals surface area contributed by atoms with Crippen LogP contribution in [0.3, 0.4) is 0 Å². The zero-order valence-electron chi connectivity index (χ0n) is 10.1. The van der Waals surface area contributed by atoms with E-state index in [0.717, 1.165) is 24.5 Å². The lowest BCUT2D eigenvalue weighted by atomic mass is 10.2. The molecule has 84 valence electrons. The van der Waals surface area contributed by atoms with Crippen molar-refractivity contribution in [2.24, 2.45) is 0 Å². The van der Waals surface area contributed by atoms with Crippen LogP contribution in [-0.2, 0) is 0 Å². The van der Waals surface area contributed by atoms with Gasteiger partial charge in [-0.3, -0.25) is 0 Å². The third kappa shape index (κ3) is 3.44. The highest BCUT2D eigenvalue weighted by molar-refractivity contribution is 5.68. The van der Waals surface area contributed by atoms with Gasteiger partial charge in [0.05, 0.1) is 11.4 Å². The van der Waals surface area contributed by atoms with E-state index in [1.54, 1.807) is 0 Å². The summed E-state index contributed by atoms with van der Waals surface area (Å²) in [5, 5.41) is 0. The zero-order valence-corrected chi connectivity index (χ0v) is 10.1. The van der Waals surface area contributed by atoms with E-state index in [0.29, 0.717) is 0 Å². The molecule has 0 aliphatic heterocycles. The smallest absolute Gasteiger partial charge is 0.0597 e. The lowest BCUT2D eigenvalue weighted by molar-refractivity contribution is 0.416. The first-order valence-corrected chi connectivity index (χ1v) is 5.22. The molecule has 1 aromatic carbocycles. The van der Waals surface area contributed by atoms with E-state index in [1.165, 1.54) is 5.56 Å². The third-order valence-corrected chi connectivity index (χ3v) is 2.48. The maximum atomic E-state index is 5.97. The van der Waals surface area contributed by atoms with Crippen LogP contribution in [0.4, 0.5) is 11.4 Å². The molecule has 0 fully saturated rings. The first-order chi connectivity index (χ1) is 7.00. The molecule has 0 aromatic heterocycles. The number of rotatable bonds is 4. The van der Waals surface area contributed by atoms with Crippen molar-refractivity contribution in [2.75, 3.05) is 44.9 Å². The Kier molecular flexibility index (Phi) is 3.97. The van der Waals surface area contributed by atoms with E-state index in [4.69, 9.17) is 5.73 Å². The summed E-state index contributed by atoms with van der Waals surface area (Å²) >= 11 is 0. The summed E-state index contributed by atoms with van der Waals surface area (Å²) in [4.78, 5) is 4.36. The van der Waals surface area contributed by atoms with Gasteiger partial charge in [0, 0.05) is 20.1 Å². The Morgan fingerprint density at radius 2 is 1.80 bits per heavy atom. The predicted molar refractivity (Wildman–Crippen MR) is 67.4 cm³/mol. The molecule has 0 radical (unpaired) electrons.